The third kappa shape index (κ3) is 7.98. The van der Waals surface area contributed by atoms with Crippen LogP contribution in [-0.4, -0.2) is 23.0 Å². The Morgan fingerprint density at radius 1 is 0.464 bits per heavy atom. The van der Waals surface area contributed by atoms with Crippen molar-refractivity contribution in [2.75, 3.05) is 23.0 Å². The zero-order valence-corrected chi connectivity index (χ0v) is 18.3. The van der Waals surface area contributed by atoms with Gasteiger partial charge in [0.25, 0.3) is 0 Å². The first kappa shape index (κ1) is 20.8. The van der Waals surface area contributed by atoms with Crippen molar-refractivity contribution in [3.8, 4) is 47.4 Å². The molecule has 0 aliphatic carbocycles. The SMILES string of the molecule is C1#CCSc2cccc(c2)SCC#CC#CCSc2cccc(c2)SCC#C1. The fourth-order valence-corrected chi connectivity index (χ4v) is 5.04. The smallest absolute Gasteiger partial charge is 0.0604 e. The lowest BCUT2D eigenvalue weighted by Gasteiger charge is -2.01. The molecule has 28 heavy (non-hydrogen) atoms. The van der Waals surface area contributed by atoms with Crippen molar-refractivity contribution in [1.29, 1.82) is 0 Å². The van der Waals surface area contributed by atoms with Crippen LogP contribution in [0, 0.1) is 47.4 Å². The second-order valence-corrected chi connectivity index (χ2v) is 9.51. The summed E-state index contributed by atoms with van der Waals surface area (Å²) in [5.74, 6) is 27.2. The van der Waals surface area contributed by atoms with Crippen molar-refractivity contribution < 1.29 is 0 Å². The molecule has 2 aromatic rings. The molecule has 0 unspecified atom stereocenters. The lowest BCUT2D eigenvalue weighted by molar-refractivity contribution is 1.33. The highest BCUT2D eigenvalue weighted by atomic mass is 32.2. The average Bonchev–Trinajstić information content (AvgIpc) is 2.72. The molecule has 4 bridgehead atoms. The first-order valence-corrected chi connectivity index (χ1v) is 12.5. The van der Waals surface area contributed by atoms with Gasteiger partial charge in [-0.05, 0) is 60.1 Å². The lowest BCUT2D eigenvalue weighted by atomic mass is 10.4. The van der Waals surface area contributed by atoms with E-state index in [4.69, 9.17) is 0 Å². The van der Waals surface area contributed by atoms with Gasteiger partial charge in [0, 0.05) is 19.6 Å². The molecular formula is C24H16S4. The fourth-order valence-electron chi connectivity index (χ4n) is 2.11. The quantitative estimate of drug-likeness (QED) is 0.484. The normalized spacial score (nSPS) is 14.0. The maximum atomic E-state index is 3.12. The topological polar surface area (TPSA) is 0 Å². The molecular weight excluding hydrogens is 417 g/mol. The van der Waals surface area contributed by atoms with Crippen molar-refractivity contribution in [2.45, 2.75) is 19.6 Å². The first-order chi connectivity index (χ1) is 13.9. The summed E-state index contributed by atoms with van der Waals surface area (Å²) in [6.45, 7) is 0. The zero-order valence-electron chi connectivity index (χ0n) is 15.1. The van der Waals surface area contributed by atoms with Gasteiger partial charge >= 0.3 is 0 Å². The molecule has 1 heterocycles. The Hall–Kier alpha value is -1.92. The van der Waals surface area contributed by atoms with Crippen LogP contribution in [0.3, 0.4) is 0 Å². The van der Waals surface area contributed by atoms with Gasteiger partial charge in [-0.1, -0.05) is 35.8 Å². The summed E-state index contributed by atoms with van der Waals surface area (Å²) < 4.78 is 0. The number of benzene rings is 2. The fraction of sp³-hybridized carbons (Fsp3) is 0.167. The highest BCUT2D eigenvalue weighted by Crippen LogP contribution is 2.25. The van der Waals surface area contributed by atoms with Crippen molar-refractivity contribution in [3.05, 3.63) is 48.5 Å². The number of thioether (sulfide) groups is 4. The largest absolute Gasteiger partial charge is 0.113 e. The summed E-state index contributed by atoms with van der Waals surface area (Å²) in [4.78, 5) is 4.87. The highest BCUT2D eigenvalue weighted by molar-refractivity contribution is 8.00. The number of hydrogen-bond acceptors (Lipinski definition) is 4. The first-order valence-electron chi connectivity index (χ1n) is 8.53. The summed E-state index contributed by atoms with van der Waals surface area (Å²) in [5, 5.41) is 0. The third-order valence-electron chi connectivity index (χ3n) is 3.33. The lowest BCUT2D eigenvalue weighted by Crippen LogP contribution is -1.79. The summed E-state index contributed by atoms with van der Waals surface area (Å²) in [6, 6.07) is 17.0. The van der Waals surface area contributed by atoms with E-state index < -0.39 is 0 Å². The van der Waals surface area contributed by atoms with E-state index in [0.29, 0.717) is 0 Å². The molecule has 0 N–H and O–H groups in total. The molecule has 136 valence electrons. The van der Waals surface area contributed by atoms with Crippen LogP contribution in [0.15, 0.2) is 68.1 Å². The standard InChI is InChI=1S/C24H16S4/c1-2-6-16-26-22-12-10-14-24(20-22)28-18-8-4-3-7-17-27-23-13-9-11-21(19-23)25-15-5-1/h9-14,19-20H,15-18H2. The molecule has 3 rings (SSSR count). The van der Waals surface area contributed by atoms with Gasteiger partial charge in [0.1, 0.15) is 0 Å². The Morgan fingerprint density at radius 3 is 1.04 bits per heavy atom. The molecule has 0 saturated heterocycles. The maximum Gasteiger partial charge on any atom is 0.0604 e. The molecule has 0 nitrogen and oxygen atoms in total. The van der Waals surface area contributed by atoms with E-state index in [0.717, 1.165) is 23.0 Å². The third-order valence-corrected chi connectivity index (χ3v) is 6.84. The minimum atomic E-state index is 0.741. The maximum absolute atomic E-state index is 3.12. The molecule has 0 atom stereocenters. The molecule has 0 radical (unpaired) electrons. The van der Waals surface area contributed by atoms with E-state index in [1.54, 1.807) is 47.0 Å². The van der Waals surface area contributed by atoms with E-state index >= 15 is 0 Å². The van der Waals surface area contributed by atoms with Crippen molar-refractivity contribution in [2.24, 2.45) is 0 Å². The van der Waals surface area contributed by atoms with Crippen LogP contribution in [0.25, 0.3) is 0 Å². The summed E-state index contributed by atoms with van der Waals surface area (Å²) in [6.07, 6.45) is 0. The Morgan fingerprint density at radius 2 is 0.750 bits per heavy atom. The van der Waals surface area contributed by atoms with Gasteiger partial charge in [-0.25, -0.2) is 0 Å². The number of rotatable bonds is 0. The van der Waals surface area contributed by atoms with Gasteiger partial charge in [-0.2, -0.15) is 0 Å². The molecule has 1 aliphatic rings. The van der Waals surface area contributed by atoms with E-state index in [2.05, 4.69) is 95.9 Å². The van der Waals surface area contributed by atoms with Crippen molar-refractivity contribution in [3.63, 3.8) is 0 Å². The van der Waals surface area contributed by atoms with Gasteiger partial charge in [-0.3, -0.25) is 0 Å². The Kier molecular flexibility index (Phi) is 9.30. The molecule has 0 fully saturated rings. The van der Waals surface area contributed by atoms with E-state index in [1.807, 2.05) is 0 Å². The van der Waals surface area contributed by atoms with Gasteiger partial charge < -0.3 is 0 Å². The summed E-state index contributed by atoms with van der Waals surface area (Å²) in [7, 11) is 0. The van der Waals surface area contributed by atoms with Crippen molar-refractivity contribution in [1.82, 2.24) is 0 Å². The van der Waals surface area contributed by atoms with Crippen molar-refractivity contribution >= 4 is 47.0 Å². The van der Waals surface area contributed by atoms with Crippen LogP contribution in [0.2, 0.25) is 0 Å². The monoisotopic (exact) mass is 432 g/mol. The summed E-state index contributed by atoms with van der Waals surface area (Å²) >= 11 is 6.92. The molecule has 1 aliphatic heterocycles. The molecule has 2 aromatic carbocycles. The highest BCUT2D eigenvalue weighted by Gasteiger charge is 1.97. The molecule has 0 saturated carbocycles. The van der Waals surface area contributed by atoms with Gasteiger partial charge in [0.15, 0.2) is 0 Å². The van der Waals surface area contributed by atoms with Crippen LogP contribution in [0.4, 0.5) is 0 Å². The second-order valence-electron chi connectivity index (χ2n) is 5.31. The van der Waals surface area contributed by atoms with E-state index in [1.165, 1.54) is 19.6 Å². The molecule has 4 heteroatoms. The molecule has 0 amide bonds. The predicted molar refractivity (Wildman–Crippen MR) is 127 cm³/mol. The van der Waals surface area contributed by atoms with Crippen LogP contribution in [0.5, 0.6) is 0 Å². The summed E-state index contributed by atoms with van der Waals surface area (Å²) in [5.41, 5.74) is 0. The second kappa shape index (κ2) is 12.5. The molecule has 0 aromatic heterocycles. The van der Waals surface area contributed by atoms with Crippen LogP contribution in [-0.2, 0) is 0 Å². The minimum absolute atomic E-state index is 0.741. The zero-order chi connectivity index (χ0) is 19.3. The minimum Gasteiger partial charge on any atom is -0.113 e. The van der Waals surface area contributed by atoms with Gasteiger partial charge in [0.05, 0.1) is 23.0 Å². The van der Waals surface area contributed by atoms with Crippen LogP contribution in [0.1, 0.15) is 0 Å². The van der Waals surface area contributed by atoms with Gasteiger partial charge in [0.2, 0.25) is 0 Å². The van der Waals surface area contributed by atoms with Crippen LogP contribution >= 0.6 is 47.0 Å². The Labute approximate surface area is 184 Å². The Bertz CT molecular complexity index is 890. The van der Waals surface area contributed by atoms with Gasteiger partial charge in [-0.15, -0.1) is 47.0 Å². The average molecular weight is 433 g/mol. The Balaban J connectivity index is 1.69. The number of hydrogen-bond donors (Lipinski definition) is 0. The molecule has 0 spiro atoms. The van der Waals surface area contributed by atoms with E-state index in [-0.39, 0.29) is 0 Å². The number of fused-ring (bicyclic) bond motifs is 4. The van der Waals surface area contributed by atoms with E-state index in [9.17, 15) is 0 Å². The van der Waals surface area contributed by atoms with Crippen LogP contribution < -0.4 is 0 Å². The predicted octanol–water partition coefficient (Wildman–Crippen LogP) is 5.78.